The summed E-state index contributed by atoms with van der Waals surface area (Å²) in [5.74, 6) is -0.565. The third kappa shape index (κ3) is 4.94. The summed E-state index contributed by atoms with van der Waals surface area (Å²) in [7, 11) is 0. The lowest BCUT2D eigenvalue weighted by molar-refractivity contribution is -0.141. The predicted molar refractivity (Wildman–Crippen MR) is 50.0 cm³/mol. The number of carboxylic acid groups (broad SMARTS) is 1. The van der Waals surface area contributed by atoms with E-state index in [0.29, 0.717) is 5.92 Å². The Morgan fingerprint density at radius 1 is 1.50 bits per heavy atom. The van der Waals surface area contributed by atoms with Gasteiger partial charge in [0.1, 0.15) is 0 Å². The maximum Gasteiger partial charge on any atom is 0.306 e. The molecule has 0 saturated carbocycles. The molecular weight excluding hydrogens is 152 g/mol. The number of hydrogen-bond acceptors (Lipinski definition) is 1. The summed E-state index contributed by atoms with van der Waals surface area (Å²) in [5.41, 5.74) is 0. The Bertz CT molecular complexity index is 161. The van der Waals surface area contributed by atoms with Gasteiger partial charge in [-0.2, -0.15) is 0 Å². The van der Waals surface area contributed by atoms with Crippen LogP contribution < -0.4 is 0 Å². The van der Waals surface area contributed by atoms with Crippen molar-refractivity contribution in [2.24, 2.45) is 11.8 Å². The summed E-state index contributed by atoms with van der Waals surface area (Å²) >= 11 is 0. The van der Waals surface area contributed by atoms with Crippen molar-refractivity contribution in [2.45, 2.75) is 33.6 Å². The third-order valence-corrected chi connectivity index (χ3v) is 1.85. The summed E-state index contributed by atoms with van der Waals surface area (Å²) in [6.07, 6.45) is 5.91. The first kappa shape index (κ1) is 11.2. The van der Waals surface area contributed by atoms with Crippen LogP contribution in [0, 0.1) is 11.8 Å². The quantitative estimate of drug-likeness (QED) is 0.644. The smallest absolute Gasteiger partial charge is 0.306 e. The molecular formula is C10H18O2. The fourth-order valence-electron chi connectivity index (χ4n) is 1.11. The Kier molecular flexibility index (Phi) is 5.43. The van der Waals surface area contributed by atoms with E-state index in [1.54, 1.807) is 6.92 Å². The highest BCUT2D eigenvalue weighted by Crippen LogP contribution is 2.13. The van der Waals surface area contributed by atoms with Gasteiger partial charge in [-0.25, -0.2) is 0 Å². The van der Waals surface area contributed by atoms with Gasteiger partial charge < -0.3 is 5.11 Å². The Labute approximate surface area is 74.3 Å². The van der Waals surface area contributed by atoms with E-state index in [0.717, 1.165) is 12.8 Å². The average molecular weight is 170 g/mol. The van der Waals surface area contributed by atoms with Gasteiger partial charge in [-0.05, 0) is 18.8 Å². The molecule has 2 heteroatoms. The second kappa shape index (κ2) is 5.81. The SMILES string of the molecule is CC/C=C\[C@@H](C)C[C@@H](C)C(=O)O. The zero-order valence-electron chi connectivity index (χ0n) is 8.08. The molecule has 0 heterocycles. The first-order valence-electron chi connectivity index (χ1n) is 4.47. The Morgan fingerprint density at radius 2 is 2.08 bits per heavy atom. The van der Waals surface area contributed by atoms with Crippen LogP contribution in [0.25, 0.3) is 0 Å². The Morgan fingerprint density at radius 3 is 2.50 bits per heavy atom. The zero-order chi connectivity index (χ0) is 9.56. The first-order valence-corrected chi connectivity index (χ1v) is 4.47. The van der Waals surface area contributed by atoms with Gasteiger partial charge in [0.2, 0.25) is 0 Å². The van der Waals surface area contributed by atoms with Gasteiger partial charge in [0.25, 0.3) is 0 Å². The van der Waals surface area contributed by atoms with E-state index in [1.165, 1.54) is 0 Å². The number of aliphatic carboxylic acids is 1. The molecule has 0 aromatic heterocycles. The van der Waals surface area contributed by atoms with Crippen molar-refractivity contribution in [2.75, 3.05) is 0 Å². The van der Waals surface area contributed by atoms with E-state index < -0.39 is 5.97 Å². The lowest BCUT2D eigenvalue weighted by Crippen LogP contribution is -2.12. The minimum absolute atomic E-state index is 0.235. The van der Waals surface area contributed by atoms with E-state index in [1.807, 2.05) is 6.92 Å². The minimum Gasteiger partial charge on any atom is -0.481 e. The summed E-state index contributed by atoms with van der Waals surface area (Å²) in [4.78, 5) is 10.5. The van der Waals surface area contributed by atoms with Gasteiger partial charge in [0.15, 0.2) is 0 Å². The fraction of sp³-hybridized carbons (Fsp3) is 0.700. The van der Waals surface area contributed by atoms with Crippen molar-refractivity contribution in [3.8, 4) is 0 Å². The van der Waals surface area contributed by atoms with Gasteiger partial charge in [-0.1, -0.05) is 32.9 Å². The molecule has 0 fully saturated rings. The first-order chi connectivity index (χ1) is 5.57. The molecule has 0 aliphatic rings. The van der Waals surface area contributed by atoms with E-state index >= 15 is 0 Å². The lowest BCUT2D eigenvalue weighted by atomic mass is 9.97. The molecule has 70 valence electrons. The number of rotatable bonds is 5. The van der Waals surface area contributed by atoms with E-state index in [2.05, 4.69) is 19.1 Å². The topological polar surface area (TPSA) is 37.3 Å². The highest BCUT2D eigenvalue weighted by molar-refractivity contribution is 5.69. The normalized spacial score (nSPS) is 16.2. The van der Waals surface area contributed by atoms with E-state index in [9.17, 15) is 4.79 Å². The molecule has 1 N–H and O–H groups in total. The lowest BCUT2D eigenvalue weighted by Gasteiger charge is -2.09. The molecule has 0 aliphatic carbocycles. The molecule has 0 unspecified atom stereocenters. The van der Waals surface area contributed by atoms with Crippen LogP contribution in [0.1, 0.15) is 33.6 Å². The molecule has 0 aliphatic heterocycles. The number of carbonyl (C=O) groups is 1. The van der Waals surface area contributed by atoms with Gasteiger partial charge in [-0.3, -0.25) is 4.79 Å². The van der Waals surface area contributed by atoms with Crippen LogP contribution in [0.3, 0.4) is 0 Å². The maximum absolute atomic E-state index is 10.5. The number of carboxylic acids is 1. The Balaban J connectivity index is 3.75. The molecule has 0 saturated heterocycles. The summed E-state index contributed by atoms with van der Waals surface area (Å²) in [5, 5.41) is 8.63. The number of allylic oxidation sites excluding steroid dienone is 2. The van der Waals surface area contributed by atoms with E-state index in [4.69, 9.17) is 5.11 Å². The highest BCUT2D eigenvalue weighted by Gasteiger charge is 2.12. The monoisotopic (exact) mass is 170 g/mol. The highest BCUT2D eigenvalue weighted by atomic mass is 16.4. The molecule has 0 aromatic rings. The molecule has 2 nitrogen and oxygen atoms in total. The third-order valence-electron chi connectivity index (χ3n) is 1.85. The Hall–Kier alpha value is -0.790. The zero-order valence-corrected chi connectivity index (χ0v) is 8.08. The molecule has 0 amide bonds. The van der Waals surface area contributed by atoms with Crippen molar-refractivity contribution in [3.63, 3.8) is 0 Å². The molecule has 0 rings (SSSR count). The van der Waals surface area contributed by atoms with Crippen molar-refractivity contribution in [3.05, 3.63) is 12.2 Å². The van der Waals surface area contributed by atoms with Crippen LogP contribution >= 0.6 is 0 Å². The van der Waals surface area contributed by atoms with Gasteiger partial charge in [0.05, 0.1) is 5.92 Å². The molecule has 0 radical (unpaired) electrons. The van der Waals surface area contributed by atoms with Gasteiger partial charge in [-0.15, -0.1) is 0 Å². The largest absolute Gasteiger partial charge is 0.481 e. The second-order valence-electron chi connectivity index (χ2n) is 3.29. The summed E-state index contributed by atoms with van der Waals surface area (Å²) < 4.78 is 0. The summed E-state index contributed by atoms with van der Waals surface area (Å²) in [6, 6.07) is 0. The van der Waals surface area contributed by atoms with Crippen molar-refractivity contribution in [1.29, 1.82) is 0 Å². The van der Waals surface area contributed by atoms with Crippen LogP contribution in [0.4, 0.5) is 0 Å². The van der Waals surface area contributed by atoms with E-state index in [-0.39, 0.29) is 5.92 Å². The maximum atomic E-state index is 10.5. The van der Waals surface area contributed by atoms with Gasteiger partial charge >= 0.3 is 5.97 Å². The van der Waals surface area contributed by atoms with Crippen LogP contribution in [0.5, 0.6) is 0 Å². The second-order valence-corrected chi connectivity index (χ2v) is 3.29. The molecule has 0 bridgehead atoms. The molecule has 0 spiro atoms. The minimum atomic E-state index is -0.702. The van der Waals surface area contributed by atoms with Crippen LogP contribution in [-0.4, -0.2) is 11.1 Å². The van der Waals surface area contributed by atoms with Crippen molar-refractivity contribution >= 4 is 5.97 Å². The number of hydrogen-bond donors (Lipinski definition) is 1. The van der Waals surface area contributed by atoms with Crippen molar-refractivity contribution < 1.29 is 9.90 Å². The van der Waals surface area contributed by atoms with Gasteiger partial charge in [0, 0.05) is 0 Å². The van der Waals surface area contributed by atoms with Crippen LogP contribution in [0.15, 0.2) is 12.2 Å². The summed E-state index contributed by atoms with van der Waals surface area (Å²) in [6.45, 7) is 5.87. The van der Waals surface area contributed by atoms with Crippen molar-refractivity contribution in [1.82, 2.24) is 0 Å². The fourth-order valence-corrected chi connectivity index (χ4v) is 1.11. The molecule has 12 heavy (non-hydrogen) atoms. The standard InChI is InChI=1S/C10H18O2/c1-4-5-6-8(2)7-9(3)10(11)12/h5-6,8-9H,4,7H2,1-3H3,(H,11,12)/b6-5-/t8-,9-/m1/s1. The molecule has 2 atom stereocenters. The van der Waals surface area contributed by atoms with Crippen LogP contribution in [-0.2, 0) is 4.79 Å². The molecule has 0 aromatic carbocycles. The average Bonchev–Trinajstić information content (AvgIpc) is 2.00. The predicted octanol–water partition coefficient (Wildman–Crippen LogP) is 2.70. The van der Waals surface area contributed by atoms with Crippen LogP contribution in [0.2, 0.25) is 0 Å².